The first kappa shape index (κ1) is 19.6. The zero-order valence-corrected chi connectivity index (χ0v) is 15.6. The van der Waals surface area contributed by atoms with Gasteiger partial charge in [-0.1, -0.05) is 13.8 Å². The van der Waals surface area contributed by atoms with Gasteiger partial charge in [0.2, 0.25) is 5.91 Å². The van der Waals surface area contributed by atoms with Gasteiger partial charge in [0.1, 0.15) is 0 Å². The molecule has 24 heavy (non-hydrogen) atoms. The minimum Gasteiger partial charge on any atom is -0.378 e. The van der Waals surface area contributed by atoms with Crippen molar-refractivity contribution in [1.82, 2.24) is 14.7 Å². The van der Waals surface area contributed by atoms with Gasteiger partial charge in [-0.3, -0.25) is 9.69 Å². The van der Waals surface area contributed by atoms with Crippen LogP contribution in [0.2, 0.25) is 0 Å². The second-order valence-electron chi connectivity index (χ2n) is 7.09. The second-order valence-corrected chi connectivity index (χ2v) is 7.09. The predicted molar refractivity (Wildman–Crippen MR) is 97.0 cm³/mol. The fraction of sp³-hybridized carbons (Fsp3) is 0.944. The number of piperidine rings is 1. The van der Waals surface area contributed by atoms with Crippen LogP contribution in [0.5, 0.6) is 0 Å². The molecular weight excluding hydrogens is 304 g/mol. The molecule has 0 spiro atoms. The molecule has 0 aliphatic carbocycles. The van der Waals surface area contributed by atoms with Gasteiger partial charge in [0, 0.05) is 32.2 Å². The zero-order valence-electron chi connectivity index (χ0n) is 15.6. The first-order chi connectivity index (χ1) is 11.7. The van der Waals surface area contributed by atoms with Gasteiger partial charge in [0.15, 0.2) is 0 Å². The van der Waals surface area contributed by atoms with E-state index < -0.39 is 0 Å². The summed E-state index contributed by atoms with van der Waals surface area (Å²) in [6.45, 7) is 12.7. The van der Waals surface area contributed by atoms with Gasteiger partial charge < -0.3 is 20.3 Å². The molecule has 0 unspecified atom stereocenters. The number of hydrogen-bond acceptors (Lipinski definition) is 5. The van der Waals surface area contributed by atoms with Gasteiger partial charge in [-0.2, -0.15) is 0 Å². The maximum atomic E-state index is 11.8. The van der Waals surface area contributed by atoms with E-state index >= 15 is 0 Å². The van der Waals surface area contributed by atoms with Crippen LogP contribution in [0.4, 0.5) is 0 Å². The minimum absolute atomic E-state index is 0.0871. The first-order valence-corrected chi connectivity index (χ1v) is 9.73. The van der Waals surface area contributed by atoms with Crippen molar-refractivity contribution in [2.75, 3.05) is 59.0 Å². The standard InChI is InChI=1S/C18H36N4O2/c1-3-7-20(8-4-2)11-12-22(17-14-24-15-17)16-5-9-21(10-6-16)18(23)13-19/h16-17H,3-15,19H2,1-2H3. The van der Waals surface area contributed by atoms with Crippen LogP contribution in [0, 0.1) is 0 Å². The molecule has 2 rings (SSSR count). The molecule has 6 heteroatoms. The fourth-order valence-corrected chi connectivity index (χ4v) is 3.88. The number of carbonyl (C=O) groups excluding carboxylic acids is 1. The van der Waals surface area contributed by atoms with Gasteiger partial charge in [-0.05, 0) is 38.8 Å². The Morgan fingerprint density at radius 2 is 1.67 bits per heavy atom. The quantitative estimate of drug-likeness (QED) is 0.636. The summed E-state index contributed by atoms with van der Waals surface area (Å²) >= 11 is 0. The molecule has 2 N–H and O–H groups in total. The Kier molecular flexibility index (Phi) is 8.45. The third-order valence-electron chi connectivity index (χ3n) is 5.30. The van der Waals surface area contributed by atoms with Crippen LogP contribution in [0.25, 0.3) is 0 Å². The highest BCUT2D eigenvalue weighted by Gasteiger charge is 2.34. The number of rotatable bonds is 10. The van der Waals surface area contributed by atoms with Gasteiger partial charge in [-0.15, -0.1) is 0 Å². The van der Waals surface area contributed by atoms with Crippen molar-refractivity contribution in [2.45, 2.75) is 51.6 Å². The average Bonchev–Trinajstić information content (AvgIpc) is 2.56. The lowest BCUT2D eigenvalue weighted by Crippen LogP contribution is -2.58. The molecule has 0 atom stereocenters. The van der Waals surface area contributed by atoms with E-state index in [-0.39, 0.29) is 12.5 Å². The van der Waals surface area contributed by atoms with E-state index in [4.69, 9.17) is 10.5 Å². The van der Waals surface area contributed by atoms with Crippen LogP contribution in [-0.2, 0) is 9.53 Å². The van der Waals surface area contributed by atoms with E-state index in [1.807, 2.05) is 4.90 Å². The molecule has 2 fully saturated rings. The predicted octanol–water partition coefficient (Wildman–Crippen LogP) is 0.759. The van der Waals surface area contributed by atoms with Crippen LogP contribution >= 0.6 is 0 Å². The van der Waals surface area contributed by atoms with Gasteiger partial charge >= 0.3 is 0 Å². The van der Waals surface area contributed by atoms with Crippen LogP contribution in [-0.4, -0.2) is 91.7 Å². The van der Waals surface area contributed by atoms with Crippen molar-refractivity contribution in [3.63, 3.8) is 0 Å². The molecule has 2 saturated heterocycles. The molecule has 0 aromatic rings. The monoisotopic (exact) mass is 340 g/mol. The SMILES string of the molecule is CCCN(CCC)CCN(C1CCN(C(=O)CN)CC1)C1COC1. The number of carbonyl (C=O) groups is 1. The van der Waals surface area contributed by atoms with Crippen LogP contribution in [0.1, 0.15) is 39.5 Å². The third kappa shape index (κ3) is 5.41. The van der Waals surface area contributed by atoms with Gasteiger partial charge in [0.25, 0.3) is 0 Å². The Morgan fingerprint density at radius 3 is 2.12 bits per heavy atom. The van der Waals surface area contributed by atoms with Crippen molar-refractivity contribution in [3.8, 4) is 0 Å². The van der Waals surface area contributed by atoms with Crippen LogP contribution < -0.4 is 5.73 Å². The van der Waals surface area contributed by atoms with E-state index in [9.17, 15) is 4.79 Å². The largest absolute Gasteiger partial charge is 0.378 e. The van der Waals surface area contributed by atoms with E-state index in [1.54, 1.807) is 0 Å². The number of ether oxygens (including phenoxy) is 1. The molecule has 140 valence electrons. The molecular formula is C18H36N4O2. The molecule has 0 radical (unpaired) electrons. The lowest BCUT2D eigenvalue weighted by atomic mass is 10.00. The Morgan fingerprint density at radius 1 is 1.04 bits per heavy atom. The average molecular weight is 341 g/mol. The van der Waals surface area contributed by atoms with E-state index in [0.717, 1.165) is 52.2 Å². The summed E-state index contributed by atoms with van der Waals surface area (Å²) in [4.78, 5) is 18.9. The van der Waals surface area contributed by atoms with Gasteiger partial charge in [-0.25, -0.2) is 0 Å². The number of likely N-dealkylation sites (tertiary alicyclic amines) is 1. The number of nitrogens with zero attached hydrogens (tertiary/aromatic N) is 3. The molecule has 0 bridgehead atoms. The second kappa shape index (κ2) is 10.3. The van der Waals surface area contributed by atoms with Gasteiger partial charge in [0.05, 0.1) is 25.8 Å². The molecule has 2 heterocycles. The zero-order chi connectivity index (χ0) is 17.4. The fourth-order valence-electron chi connectivity index (χ4n) is 3.88. The molecule has 0 aromatic heterocycles. The van der Waals surface area contributed by atoms with Crippen molar-refractivity contribution in [1.29, 1.82) is 0 Å². The van der Waals surface area contributed by atoms with Crippen molar-refractivity contribution < 1.29 is 9.53 Å². The molecule has 6 nitrogen and oxygen atoms in total. The maximum Gasteiger partial charge on any atom is 0.236 e. The summed E-state index contributed by atoms with van der Waals surface area (Å²) in [6.07, 6.45) is 4.55. The highest BCUT2D eigenvalue weighted by Crippen LogP contribution is 2.22. The Hall–Kier alpha value is -0.690. The summed E-state index contributed by atoms with van der Waals surface area (Å²) in [5, 5.41) is 0. The van der Waals surface area contributed by atoms with Crippen molar-refractivity contribution in [2.24, 2.45) is 5.73 Å². The van der Waals surface area contributed by atoms with Crippen LogP contribution in [0.3, 0.4) is 0 Å². The number of nitrogens with two attached hydrogens (primary N) is 1. The molecule has 2 aliphatic rings. The number of amides is 1. The molecule has 2 aliphatic heterocycles. The molecule has 0 saturated carbocycles. The van der Waals surface area contributed by atoms with E-state index in [1.165, 1.54) is 25.9 Å². The topological polar surface area (TPSA) is 62.0 Å². The highest BCUT2D eigenvalue weighted by molar-refractivity contribution is 5.78. The summed E-state index contributed by atoms with van der Waals surface area (Å²) in [5.41, 5.74) is 5.49. The Labute approximate surface area is 147 Å². The summed E-state index contributed by atoms with van der Waals surface area (Å²) in [5.74, 6) is 0.0871. The van der Waals surface area contributed by atoms with Crippen LogP contribution in [0.15, 0.2) is 0 Å². The van der Waals surface area contributed by atoms with E-state index in [2.05, 4.69) is 23.6 Å². The normalized spacial score (nSPS) is 20.0. The lowest BCUT2D eigenvalue weighted by molar-refractivity contribution is -0.132. The third-order valence-corrected chi connectivity index (χ3v) is 5.30. The molecule has 1 amide bonds. The minimum atomic E-state index is 0.0871. The molecule has 0 aromatic carbocycles. The van der Waals surface area contributed by atoms with E-state index in [0.29, 0.717) is 12.1 Å². The highest BCUT2D eigenvalue weighted by atomic mass is 16.5. The van der Waals surface area contributed by atoms with Crippen molar-refractivity contribution >= 4 is 5.91 Å². The summed E-state index contributed by atoms with van der Waals surface area (Å²) in [6, 6.07) is 1.14. The lowest BCUT2D eigenvalue weighted by Gasteiger charge is -2.45. The maximum absolute atomic E-state index is 11.8. The smallest absolute Gasteiger partial charge is 0.236 e. The number of hydrogen-bond donors (Lipinski definition) is 1. The first-order valence-electron chi connectivity index (χ1n) is 9.73. The Balaban J connectivity index is 1.86. The Bertz CT molecular complexity index is 362. The summed E-state index contributed by atoms with van der Waals surface area (Å²) < 4.78 is 5.45. The van der Waals surface area contributed by atoms with Crippen molar-refractivity contribution in [3.05, 3.63) is 0 Å². The summed E-state index contributed by atoms with van der Waals surface area (Å²) in [7, 11) is 0.